The van der Waals surface area contributed by atoms with Crippen LogP contribution in [0.4, 0.5) is 0 Å². The van der Waals surface area contributed by atoms with E-state index in [1.54, 1.807) is 13.0 Å². The molecule has 10 heteroatoms. The quantitative estimate of drug-likeness (QED) is 0.661. The summed E-state index contributed by atoms with van der Waals surface area (Å²) in [6.07, 6.45) is 1.50. The largest absolute Gasteiger partial charge is 0.480 e. The highest BCUT2D eigenvalue weighted by molar-refractivity contribution is 7.90. The van der Waals surface area contributed by atoms with Crippen molar-refractivity contribution in [3.05, 3.63) is 11.9 Å². The van der Waals surface area contributed by atoms with Gasteiger partial charge in [0.1, 0.15) is 6.54 Å². The van der Waals surface area contributed by atoms with E-state index in [1.165, 1.54) is 6.20 Å². The minimum Gasteiger partial charge on any atom is -0.480 e. The van der Waals surface area contributed by atoms with Gasteiger partial charge in [-0.25, -0.2) is 17.8 Å². The highest BCUT2D eigenvalue weighted by Crippen LogP contribution is 2.04. The van der Waals surface area contributed by atoms with E-state index < -0.39 is 21.2 Å². The molecule has 0 aliphatic carbocycles. The molecule has 1 unspecified atom stereocenters. The summed E-state index contributed by atoms with van der Waals surface area (Å²) < 4.78 is 26.6. The lowest BCUT2D eigenvalue weighted by Crippen LogP contribution is -2.32. The molecule has 0 aromatic carbocycles. The Kier molecular flexibility index (Phi) is 4.96. The number of hydrogen-bond acceptors (Lipinski definition) is 6. The summed E-state index contributed by atoms with van der Waals surface area (Å²) in [5, 5.41) is 23.3. The molecule has 0 saturated carbocycles. The molecule has 1 rings (SSSR count). The molecule has 0 saturated heterocycles. The van der Waals surface area contributed by atoms with Crippen molar-refractivity contribution in [2.75, 3.05) is 0 Å². The molecule has 1 atom stereocenters. The molecule has 9 nitrogen and oxygen atoms in total. The highest BCUT2D eigenvalue weighted by atomic mass is 32.2. The fourth-order valence-corrected chi connectivity index (χ4v) is 2.42. The Morgan fingerprint density at radius 1 is 1.68 bits per heavy atom. The van der Waals surface area contributed by atoms with E-state index in [-0.39, 0.29) is 25.2 Å². The molecule has 0 fully saturated rings. The van der Waals surface area contributed by atoms with Crippen molar-refractivity contribution in [1.29, 1.82) is 5.26 Å². The zero-order valence-electron chi connectivity index (χ0n) is 10.1. The van der Waals surface area contributed by atoms with Crippen LogP contribution in [0.25, 0.3) is 0 Å². The standard InChI is InChI=1S/C9H13N5O4S/c1-2-8(3-10)19(17,18)11-4-7-5-14(13-12-7)6-9(15)16/h5,8,11H,2,4,6H2,1H3,(H,15,16). The Labute approximate surface area is 109 Å². The van der Waals surface area contributed by atoms with Crippen molar-refractivity contribution in [3.8, 4) is 6.07 Å². The zero-order chi connectivity index (χ0) is 14.5. The monoisotopic (exact) mass is 287 g/mol. The normalized spacial score (nSPS) is 12.8. The molecule has 0 spiro atoms. The van der Waals surface area contributed by atoms with Gasteiger partial charge in [-0.15, -0.1) is 5.10 Å². The Morgan fingerprint density at radius 2 is 2.37 bits per heavy atom. The SMILES string of the molecule is CCC(C#N)S(=O)(=O)NCc1cn(CC(=O)O)nn1. The number of nitrogens with zero attached hydrogens (tertiary/aromatic N) is 4. The van der Waals surface area contributed by atoms with Gasteiger partial charge in [0.05, 0.1) is 24.5 Å². The number of rotatable bonds is 7. The number of aromatic nitrogens is 3. The molecule has 0 radical (unpaired) electrons. The summed E-state index contributed by atoms with van der Waals surface area (Å²) in [4.78, 5) is 10.4. The molecule has 19 heavy (non-hydrogen) atoms. The third-order valence-electron chi connectivity index (χ3n) is 2.23. The van der Waals surface area contributed by atoms with E-state index in [1.807, 2.05) is 0 Å². The van der Waals surface area contributed by atoms with Crippen molar-refractivity contribution in [2.24, 2.45) is 0 Å². The summed E-state index contributed by atoms with van der Waals surface area (Å²) in [6.45, 7) is 1.10. The van der Waals surface area contributed by atoms with Gasteiger partial charge < -0.3 is 5.11 Å². The van der Waals surface area contributed by atoms with Crippen LogP contribution < -0.4 is 4.72 Å². The van der Waals surface area contributed by atoms with Crippen LogP contribution in [0.5, 0.6) is 0 Å². The van der Waals surface area contributed by atoms with Crippen molar-refractivity contribution in [3.63, 3.8) is 0 Å². The lowest BCUT2D eigenvalue weighted by molar-refractivity contribution is -0.137. The Hall–Kier alpha value is -1.99. The molecule has 0 aliphatic heterocycles. The Balaban J connectivity index is 2.65. The topological polar surface area (TPSA) is 138 Å². The first-order valence-electron chi connectivity index (χ1n) is 5.38. The number of carbonyl (C=O) groups is 1. The average molecular weight is 287 g/mol. The molecule has 0 bridgehead atoms. The van der Waals surface area contributed by atoms with Crippen LogP contribution >= 0.6 is 0 Å². The lowest BCUT2D eigenvalue weighted by atomic mass is 10.4. The van der Waals surface area contributed by atoms with Gasteiger partial charge in [0, 0.05) is 0 Å². The van der Waals surface area contributed by atoms with Gasteiger partial charge >= 0.3 is 5.97 Å². The second-order valence-corrected chi connectivity index (χ2v) is 5.64. The number of carboxylic acids is 1. The number of sulfonamides is 1. The fourth-order valence-electron chi connectivity index (χ4n) is 1.29. The number of hydrogen-bond donors (Lipinski definition) is 2. The maximum atomic E-state index is 11.7. The molecule has 0 aliphatic rings. The van der Waals surface area contributed by atoms with Gasteiger partial charge in [-0.2, -0.15) is 5.26 Å². The molecule has 2 N–H and O–H groups in total. The molecule has 104 valence electrons. The number of carboxylic acid groups (broad SMARTS) is 1. The van der Waals surface area contributed by atoms with Crippen LogP contribution in [0.3, 0.4) is 0 Å². The van der Waals surface area contributed by atoms with Gasteiger partial charge in [0.25, 0.3) is 0 Å². The van der Waals surface area contributed by atoms with Crippen molar-refractivity contribution >= 4 is 16.0 Å². The maximum Gasteiger partial charge on any atom is 0.325 e. The van der Waals surface area contributed by atoms with Crippen LogP contribution in [-0.2, 0) is 27.9 Å². The van der Waals surface area contributed by atoms with E-state index >= 15 is 0 Å². The van der Waals surface area contributed by atoms with Gasteiger partial charge in [-0.3, -0.25) is 4.79 Å². The first-order chi connectivity index (χ1) is 8.89. The van der Waals surface area contributed by atoms with E-state index in [4.69, 9.17) is 10.4 Å². The van der Waals surface area contributed by atoms with E-state index in [9.17, 15) is 13.2 Å². The van der Waals surface area contributed by atoms with Crippen LogP contribution in [0.2, 0.25) is 0 Å². The molecule has 1 aromatic heterocycles. The van der Waals surface area contributed by atoms with Gasteiger partial charge in [0.15, 0.2) is 5.25 Å². The zero-order valence-corrected chi connectivity index (χ0v) is 11.0. The minimum atomic E-state index is -3.74. The van der Waals surface area contributed by atoms with Gasteiger partial charge in [0.2, 0.25) is 10.0 Å². The molecular formula is C9H13N5O4S. The smallest absolute Gasteiger partial charge is 0.325 e. The van der Waals surface area contributed by atoms with Crippen LogP contribution in [0, 0.1) is 11.3 Å². The lowest BCUT2D eigenvalue weighted by Gasteiger charge is -2.08. The summed E-state index contributed by atoms with van der Waals surface area (Å²) in [5.41, 5.74) is 0.276. The Morgan fingerprint density at radius 3 is 2.89 bits per heavy atom. The Bertz CT molecular complexity index is 588. The number of nitrogens with one attached hydrogen (secondary N) is 1. The third kappa shape index (κ3) is 4.31. The van der Waals surface area contributed by atoms with E-state index in [0.717, 1.165) is 4.68 Å². The molecule has 0 amide bonds. The molecular weight excluding hydrogens is 274 g/mol. The van der Waals surface area contributed by atoms with Crippen LogP contribution in [-0.4, -0.2) is 39.7 Å². The fraction of sp³-hybridized carbons (Fsp3) is 0.556. The van der Waals surface area contributed by atoms with Crippen molar-refractivity contribution in [2.45, 2.75) is 31.7 Å². The second-order valence-electron chi connectivity index (χ2n) is 3.69. The summed E-state index contributed by atoms with van der Waals surface area (Å²) >= 11 is 0. The summed E-state index contributed by atoms with van der Waals surface area (Å²) in [5.74, 6) is -1.08. The molecule has 1 aromatic rings. The molecule has 1 heterocycles. The number of nitriles is 1. The maximum absolute atomic E-state index is 11.7. The predicted molar refractivity (Wildman–Crippen MR) is 63.1 cm³/mol. The van der Waals surface area contributed by atoms with E-state index in [2.05, 4.69) is 15.0 Å². The predicted octanol–water partition coefficient (Wildman–Crippen LogP) is -0.916. The highest BCUT2D eigenvalue weighted by Gasteiger charge is 2.23. The van der Waals surface area contributed by atoms with Gasteiger partial charge in [-0.1, -0.05) is 12.1 Å². The van der Waals surface area contributed by atoms with Crippen LogP contribution in [0.1, 0.15) is 19.0 Å². The second kappa shape index (κ2) is 6.26. The van der Waals surface area contributed by atoms with Crippen molar-refractivity contribution < 1.29 is 18.3 Å². The first-order valence-corrected chi connectivity index (χ1v) is 6.92. The van der Waals surface area contributed by atoms with E-state index in [0.29, 0.717) is 0 Å². The first kappa shape index (κ1) is 15.1. The van der Waals surface area contributed by atoms with Crippen molar-refractivity contribution in [1.82, 2.24) is 19.7 Å². The van der Waals surface area contributed by atoms with Gasteiger partial charge in [-0.05, 0) is 6.42 Å². The van der Waals surface area contributed by atoms with Crippen LogP contribution in [0.15, 0.2) is 6.20 Å². The summed E-state index contributed by atoms with van der Waals surface area (Å²) in [6, 6.07) is 1.69. The number of aliphatic carboxylic acids is 1. The minimum absolute atomic E-state index is 0.139. The average Bonchev–Trinajstić information content (AvgIpc) is 2.74. The third-order valence-corrected chi connectivity index (χ3v) is 3.96. The summed E-state index contributed by atoms with van der Waals surface area (Å²) in [7, 11) is -3.74.